The van der Waals surface area contributed by atoms with Crippen LogP contribution in [0.15, 0.2) is 59.2 Å². The first-order valence-corrected chi connectivity index (χ1v) is 7.57. The third-order valence-electron chi connectivity index (χ3n) is 3.51. The van der Waals surface area contributed by atoms with E-state index in [1.807, 2.05) is 60.7 Å². The first-order chi connectivity index (χ1) is 11.9. The molecule has 0 amide bonds. The fourth-order valence-electron chi connectivity index (χ4n) is 2.32. The summed E-state index contributed by atoms with van der Waals surface area (Å²) >= 11 is 0. The summed E-state index contributed by atoms with van der Waals surface area (Å²) in [5.41, 5.74) is 1.73. The molecule has 0 atom stereocenters. The van der Waals surface area contributed by atoms with Gasteiger partial charge in [-0.25, -0.2) is 4.98 Å². The number of fused-ring (bicyclic) bond motifs is 1. The summed E-state index contributed by atoms with van der Waals surface area (Å²) in [7, 11) is 0. The predicted molar refractivity (Wildman–Crippen MR) is 88.8 cm³/mol. The number of aromatic nitrogens is 1. The second-order valence-electron chi connectivity index (χ2n) is 5.22. The molecule has 0 saturated carbocycles. The summed E-state index contributed by atoms with van der Waals surface area (Å²) in [6.07, 6.45) is 5.32. The smallest absolute Gasteiger partial charge is 0.231 e. The highest BCUT2D eigenvalue weighted by atomic mass is 16.7. The van der Waals surface area contributed by atoms with Crippen LogP contribution < -0.4 is 14.2 Å². The minimum Gasteiger partial charge on any atom is -0.487 e. The lowest BCUT2D eigenvalue weighted by Gasteiger charge is -2.01. The van der Waals surface area contributed by atoms with E-state index in [2.05, 4.69) is 4.98 Å². The second kappa shape index (κ2) is 6.50. The maximum absolute atomic E-state index is 5.64. The largest absolute Gasteiger partial charge is 0.487 e. The van der Waals surface area contributed by atoms with Gasteiger partial charge in [-0.15, -0.1) is 0 Å². The average molecular weight is 321 g/mol. The van der Waals surface area contributed by atoms with Gasteiger partial charge in [-0.2, -0.15) is 0 Å². The van der Waals surface area contributed by atoms with E-state index in [9.17, 15) is 0 Å². The van der Waals surface area contributed by atoms with Gasteiger partial charge >= 0.3 is 0 Å². The lowest BCUT2D eigenvalue weighted by Crippen LogP contribution is -1.95. The molecule has 0 aliphatic carbocycles. The molecule has 0 unspecified atom stereocenters. The summed E-state index contributed by atoms with van der Waals surface area (Å²) in [5, 5.41) is 0. The molecular weight excluding hydrogens is 306 g/mol. The quantitative estimate of drug-likeness (QED) is 0.706. The highest BCUT2D eigenvalue weighted by Gasteiger charge is 2.12. The van der Waals surface area contributed by atoms with Crippen LogP contribution >= 0.6 is 0 Å². The van der Waals surface area contributed by atoms with Gasteiger partial charge in [0.2, 0.25) is 12.7 Å². The van der Waals surface area contributed by atoms with Gasteiger partial charge in [-0.05, 0) is 35.9 Å². The molecule has 0 N–H and O–H groups in total. The first kappa shape index (κ1) is 14.4. The Labute approximate surface area is 139 Å². The van der Waals surface area contributed by atoms with Crippen LogP contribution in [0.1, 0.15) is 17.1 Å². The highest BCUT2D eigenvalue weighted by molar-refractivity contribution is 5.68. The molecule has 1 aliphatic heterocycles. The Balaban J connectivity index is 1.39. The van der Waals surface area contributed by atoms with Crippen LogP contribution in [0.5, 0.6) is 17.2 Å². The Hall–Kier alpha value is -3.21. The van der Waals surface area contributed by atoms with Crippen LogP contribution in [0.2, 0.25) is 0 Å². The standard InChI is InChI=1S/C19H15NO4/c1-2-4-16(5-3-1)21-11-15-12-22-19(20-15)9-7-14-6-8-17-18(10-14)24-13-23-17/h1-10,12H,11,13H2. The molecule has 24 heavy (non-hydrogen) atoms. The van der Waals surface area contributed by atoms with Crippen molar-refractivity contribution in [2.75, 3.05) is 6.79 Å². The van der Waals surface area contributed by atoms with Gasteiger partial charge in [0.25, 0.3) is 0 Å². The van der Waals surface area contributed by atoms with E-state index in [0.717, 1.165) is 28.5 Å². The molecule has 0 radical (unpaired) electrons. The molecule has 0 saturated heterocycles. The Morgan fingerprint density at radius 1 is 1.00 bits per heavy atom. The topological polar surface area (TPSA) is 53.7 Å². The van der Waals surface area contributed by atoms with E-state index in [-0.39, 0.29) is 6.79 Å². The molecule has 5 nitrogen and oxygen atoms in total. The van der Waals surface area contributed by atoms with E-state index in [1.54, 1.807) is 6.26 Å². The molecule has 2 heterocycles. The average Bonchev–Trinajstić information content (AvgIpc) is 3.28. The third-order valence-corrected chi connectivity index (χ3v) is 3.51. The van der Waals surface area contributed by atoms with Gasteiger partial charge in [0, 0.05) is 6.08 Å². The van der Waals surface area contributed by atoms with Gasteiger partial charge in [-0.3, -0.25) is 0 Å². The molecular formula is C19H15NO4. The molecule has 120 valence electrons. The van der Waals surface area contributed by atoms with Crippen molar-refractivity contribution in [2.24, 2.45) is 0 Å². The van der Waals surface area contributed by atoms with E-state index < -0.39 is 0 Å². The molecule has 1 aromatic heterocycles. The number of para-hydroxylation sites is 1. The van der Waals surface area contributed by atoms with E-state index in [0.29, 0.717) is 12.5 Å². The van der Waals surface area contributed by atoms with Crippen LogP contribution in [0, 0.1) is 0 Å². The first-order valence-electron chi connectivity index (χ1n) is 7.57. The molecule has 0 bridgehead atoms. The number of hydrogen-bond acceptors (Lipinski definition) is 5. The van der Waals surface area contributed by atoms with Crippen LogP contribution in [0.4, 0.5) is 0 Å². The van der Waals surface area contributed by atoms with Gasteiger partial charge < -0.3 is 18.6 Å². The molecule has 3 aromatic rings. The van der Waals surface area contributed by atoms with Crippen molar-refractivity contribution in [3.8, 4) is 17.2 Å². The molecule has 0 fully saturated rings. The molecule has 5 heteroatoms. The van der Waals surface area contributed by atoms with Crippen molar-refractivity contribution in [3.63, 3.8) is 0 Å². The lowest BCUT2D eigenvalue weighted by atomic mass is 10.2. The van der Waals surface area contributed by atoms with Crippen LogP contribution in [0.3, 0.4) is 0 Å². The Kier molecular flexibility index (Phi) is 3.90. The number of ether oxygens (including phenoxy) is 3. The zero-order valence-corrected chi connectivity index (χ0v) is 12.8. The minimum absolute atomic E-state index is 0.271. The number of rotatable bonds is 5. The van der Waals surface area contributed by atoms with Crippen LogP contribution in [0.25, 0.3) is 12.2 Å². The SMILES string of the molecule is C(=Cc1nc(COc2ccccc2)co1)c1ccc2c(c1)OCO2. The minimum atomic E-state index is 0.271. The Morgan fingerprint density at radius 2 is 1.88 bits per heavy atom. The number of benzene rings is 2. The zero-order chi connectivity index (χ0) is 16.2. The van der Waals surface area contributed by atoms with Crippen molar-refractivity contribution in [1.29, 1.82) is 0 Å². The Morgan fingerprint density at radius 3 is 2.79 bits per heavy atom. The van der Waals surface area contributed by atoms with Crippen molar-refractivity contribution in [3.05, 3.63) is 71.9 Å². The second-order valence-corrected chi connectivity index (χ2v) is 5.22. The summed E-state index contributed by atoms with van der Waals surface area (Å²) in [4.78, 5) is 4.38. The van der Waals surface area contributed by atoms with Crippen LogP contribution in [-0.4, -0.2) is 11.8 Å². The van der Waals surface area contributed by atoms with Gasteiger partial charge in [0.1, 0.15) is 24.3 Å². The molecule has 1 aliphatic rings. The number of nitrogens with zero attached hydrogens (tertiary/aromatic N) is 1. The summed E-state index contributed by atoms with van der Waals surface area (Å²) < 4.78 is 21.7. The number of oxazole rings is 1. The van der Waals surface area contributed by atoms with E-state index >= 15 is 0 Å². The molecule has 2 aromatic carbocycles. The number of hydrogen-bond donors (Lipinski definition) is 0. The van der Waals surface area contributed by atoms with E-state index in [4.69, 9.17) is 18.6 Å². The van der Waals surface area contributed by atoms with Crippen molar-refractivity contribution >= 4 is 12.2 Å². The Bertz CT molecular complexity index is 855. The van der Waals surface area contributed by atoms with Gasteiger partial charge in [0.05, 0.1) is 0 Å². The van der Waals surface area contributed by atoms with Crippen molar-refractivity contribution in [2.45, 2.75) is 6.61 Å². The summed E-state index contributed by atoms with van der Waals surface area (Å²) in [6, 6.07) is 15.4. The monoisotopic (exact) mass is 321 g/mol. The fraction of sp³-hybridized carbons (Fsp3) is 0.105. The predicted octanol–water partition coefficient (Wildman–Crippen LogP) is 4.15. The highest BCUT2D eigenvalue weighted by Crippen LogP contribution is 2.32. The fourth-order valence-corrected chi connectivity index (χ4v) is 2.32. The zero-order valence-electron chi connectivity index (χ0n) is 12.8. The lowest BCUT2D eigenvalue weighted by molar-refractivity contribution is 0.174. The molecule has 4 rings (SSSR count). The molecule has 0 spiro atoms. The van der Waals surface area contributed by atoms with Crippen molar-refractivity contribution < 1.29 is 18.6 Å². The summed E-state index contributed by atoms with van der Waals surface area (Å²) in [5.74, 6) is 2.85. The third kappa shape index (κ3) is 3.25. The van der Waals surface area contributed by atoms with Crippen LogP contribution in [-0.2, 0) is 6.61 Å². The summed E-state index contributed by atoms with van der Waals surface area (Å²) in [6.45, 7) is 0.637. The maximum Gasteiger partial charge on any atom is 0.231 e. The van der Waals surface area contributed by atoms with Gasteiger partial charge in [0.15, 0.2) is 11.5 Å². The van der Waals surface area contributed by atoms with E-state index in [1.165, 1.54) is 0 Å². The van der Waals surface area contributed by atoms with Gasteiger partial charge in [-0.1, -0.05) is 24.3 Å². The van der Waals surface area contributed by atoms with Crippen molar-refractivity contribution in [1.82, 2.24) is 4.98 Å². The maximum atomic E-state index is 5.64. The normalized spacial score (nSPS) is 12.7.